The van der Waals surface area contributed by atoms with E-state index in [0.29, 0.717) is 80.8 Å². The summed E-state index contributed by atoms with van der Waals surface area (Å²) in [6.45, 7) is 6.48. The van der Waals surface area contributed by atoms with Gasteiger partial charge in [0.15, 0.2) is 5.52 Å². The van der Waals surface area contributed by atoms with Crippen LogP contribution in [0.5, 0.6) is 5.75 Å². The quantitative estimate of drug-likeness (QED) is 0.235. The molecule has 1 fully saturated rings. The summed E-state index contributed by atoms with van der Waals surface area (Å²) in [5.74, 6) is -0.921. The molecule has 3 aromatic rings. The molecule has 1 saturated heterocycles. The highest BCUT2D eigenvalue weighted by molar-refractivity contribution is 7.89. The summed E-state index contributed by atoms with van der Waals surface area (Å²) in [5.41, 5.74) is 1.75. The second-order valence-corrected chi connectivity index (χ2v) is 12.5. The number of piperazine rings is 1. The zero-order chi connectivity index (χ0) is 32.4. The van der Waals surface area contributed by atoms with E-state index >= 15 is 0 Å². The van der Waals surface area contributed by atoms with E-state index in [1.54, 1.807) is 25.2 Å². The smallest absolute Gasteiger partial charge is 0.303 e. The van der Waals surface area contributed by atoms with Crippen LogP contribution in [0.15, 0.2) is 27.9 Å². The average molecular weight is 635 g/mol. The number of carboxylic acids is 2. The Morgan fingerprint density at radius 1 is 1.00 bits per heavy atom. The van der Waals surface area contributed by atoms with E-state index in [-0.39, 0.29) is 29.1 Å². The number of carboxylic acid groups (broad SMARTS) is 2. The van der Waals surface area contributed by atoms with Gasteiger partial charge in [0.2, 0.25) is 10.0 Å². The van der Waals surface area contributed by atoms with E-state index in [1.807, 2.05) is 20.9 Å². The largest absolute Gasteiger partial charge is 0.493 e. The molecule has 0 unspecified atom stereocenters. The standard InChI is InChI=1S/C22H30N6O4S.C7H12O4/c1-5-7-17-19-20(27(4)25-17)22(29)24-21(23-19)16-14-15(8-9-18(16)32-6-2)33(30,31)28-12-10-26(3)11-13-28;8-6(9)4-2-1-3-5-7(10)11/h8-9,14H,5-7,10-13H2,1-4H3,(H,23,24,29);1-5H2,(H,8,9)(H,10,11). The number of carbonyl (C=O) groups is 2. The number of nitrogens with one attached hydrogen (secondary N) is 1. The molecule has 1 aromatic carbocycles. The number of H-pyrrole nitrogens is 1. The molecule has 0 atom stereocenters. The lowest BCUT2D eigenvalue weighted by Gasteiger charge is -2.31. The number of aliphatic carboxylic acids is 2. The minimum atomic E-state index is -3.70. The molecule has 3 heterocycles. The predicted octanol–water partition coefficient (Wildman–Crippen LogP) is 2.72. The van der Waals surface area contributed by atoms with E-state index in [9.17, 15) is 22.8 Å². The molecule has 44 heavy (non-hydrogen) atoms. The first-order valence-electron chi connectivity index (χ1n) is 14.7. The van der Waals surface area contributed by atoms with Crippen molar-refractivity contribution < 1.29 is 33.0 Å². The number of aryl methyl sites for hydroxylation is 2. The molecule has 14 nitrogen and oxygen atoms in total. The molecule has 242 valence electrons. The summed E-state index contributed by atoms with van der Waals surface area (Å²) in [4.78, 5) is 42.6. The van der Waals surface area contributed by atoms with Gasteiger partial charge in [0.1, 0.15) is 17.1 Å². The zero-order valence-electron chi connectivity index (χ0n) is 25.7. The first-order valence-corrected chi connectivity index (χ1v) is 16.2. The highest BCUT2D eigenvalue weighted by Crippen LogP contribution is 2.32. The minimum Gasteiger partial charge on any atom is -0.493 e. The second kappa shape index (κ2) is 15.8. The molecule has 0 bridgehead atoms. The molecule has 1 aliphatic heterocycles. The fourth-order valence-electron chi connectivity index (χ4n) is 4.82. The number of ether oxygens (including phenoxy) is 1. The van der Waals surface area contributed by atoms with Gasteiger partial charge in [-0.3, -0.25) is 19.1 Å². The number of hydrogen-bond acceptors (Lipinski definition) is 9. The highest BCUT2D eigenvalue weighted by atomic mass is 32.2. The Bertz CT molecular complexity index is 1590. The number of aromatic nitrogens is 4. The van der Waals surface area contributed by atoms with Crippen LogP contribution in [0.4, 0.5) is 0 Å². The maximum Gasteiger partial charge on any atom is 0.303 e. The minimum absolute atomic E-state index is 0.139. The average Bonchev–Trinajstić information content (AvgIpc) is 3.28. The summed E-state index contributed by atoms with van der Waals surface area (Å²) < 4.78 is 35.4. The maximum atomic E-state index is 13.3. The normalized spacial score (nSPS) is 14.3. The van der Waals surface area contributed by atoms with Crippen molar-refractivity contribution in [1.82, 2.24) is 29.0 Å². The number of benzene rings is 1. The fourth-order valence-corrected chi connectivity index (χ4v) is 6.27. The summed E-state index contributed by atoms with van der Waals surface area (Å²) in [6, 6.07) is 4.71. The third-order valence-corrected chi connectivity index (χ3v) is 9.03. The van der Waals surface area contributed by atoms with Crippen molar-refractivity contribution in [2.24, 2.45) is 7.05 Å². The third kappa shape index (κ3) is 8.86. The molecule has 0 aliphatic carbocycles. The van der Waals surface area contributed by atoms with Crippen LogP contribution in [0.25, 0.3) is 22.4 Å². The molecule has 0 amide bonds. The van der Waals surface area contributed by atoms with Crippen molar-refractivity contribution in [2.45, 2.75) is 63.7 Å². The lowest BCUT2D eigenvalue weighted by molar-refractivity contribution is -0.137. The van der Waals surface area contributed by atoms with E-state index in [2.05, 4.69) is 15.0 Å². The molecule has 4 rings (SSSR count). The Morgan fingerprint density at radius 2 is 1.64 bits per heavy atom. The first-order chi connectivity index (χ1) is 20.9. The Labute approximate surface area is 256 Å². The number of nitrogens with zero attached hydrogens (tertiary/aromatic N) is 5. The molecule has 0 saturated carbocycles. The highest BCUT2D eigenvalue weighted by Gasteiger charge is 2.29. The van der Waals surface area contributed by atoms with Crippen molar-refractivity contribution in [3.8, 4) is 17.1 Å². The number of unbranched alkanes of at least 4 members (excludes halogenated alkanes) is 2. The molecule has 0 radical (unpaired) electrons. The molecule has 1 aliphatic rings. The van der Waals surface area contributed by atoms with Crippen LogP contribution < -0.4 is 10.3 Å². The number of likely N-dealkylation sites (N-methyl/N-ethyl adjacent to an activating group) is 1. The first kappa shape index (κ1) is 34.7. The number of sulfonamides is 1. The van der Waals surface area contributed by atoms with Crippen LogP contribution in [0.3, 0.4) is 0 Å². The van der Waals surface area contributed by atoms with Gasteiger partial charge in [-0.2, -0.15) is 9.40 Å². The molecule has 3 N–H and O–H groups in total. The molecule has 0 spiro atoms. The maximum absolute atomic E-state index is 13.3. The number of rotatable bonds is 13. The van der Waals surface area contributed by atoms with Crippen LogP contribution in [0.2, 0.25) is 0 Å². The fraction of sp³-hybridized carbons (Fsp3) is 0.552. The Kier molecular flexibility index (Phi) is 12.4. The van der Waals surface area contributed by atoms with Crippen LogP contribution >= 0.6 is 0 Å². The van der Waals surface area contributed by atoms with Crippen LogP contribution in [0, 0.1) is 0 Å². The van der Waals surface area contributed by atoms with Crippen molar-refractivity contribution in [3.63, 3.8) is 0 Å². The van der Waals surface area contributed by atoms with E-state index in [1.165, 1.54) is 8.99 Å². The van der Waals surface area contributed by atoms with E-state index in [4.69, 9.17) is 19.9 Å². The van der Waals surface area contributed by atoms with Gasteiger partial charge in [-0.15, -0.1) is 0 Å². The molecule has 2 aromatic heterocycles. The monoisotopic (exact) mass is 634 g/mol. The Morgan fingerprint density at radius 3 is 2.20 bits per heavy atom. The van der Waals surface area contributed by atoms with Gasteiger partial charge in [0.25, 0.3) is 5.56 Å². The van der Waals surface area contributed by atoms with Crippen molar-refractivity contribution in [2.75, 3.05) is 39.8 Å². The van der Waals surface area contributed by atoms with Crippen molar-refractivity contribution in [3.05, 3.63) is 34.2 Å². The SMILES string of the molecule is CCCc1nn(C)c2c(=O)[nH]c(-c3cc(S(=O)(=O)N4CCN(C)CC4)ccc3OCC)nc12.O=C(O)CCCCCC(=O)O. The van der Waals surface area contributed by atoms with Crippen LogP contribution in [0.1, 0.15) is 58.1 Å². The van der Waals surface area contributed by atoms with E-state index < -0.39 is 22.0 Å². The summed E-state index contributed by atoms with van der Waals surface area (Å²) >= 11 is 0. The van der Waals surface area contributed by atoms with E-state index in [0.717, 1.165) is 12.1 Å². The third-order valence-electron chi connectivity index (χ3n) is 7.14. The zero-order valence-corrected chi connectivity index (χ0v) is 26.5. The van der Waals surface area contributed by atoms with Crippen molar-refractivity contribution >= 4 is 33.0 Å². The van der Waals surface area contributed by atoms with Gasteiger partial charge < -0.3 is 24.8 Å². The van der Waals surface area contributed by atoms with Crippen LogP contribution in [-0.4, -0.2) is 99.4 Å². The number of aromatic amines is 1. The van der Waals surface area contributed by atoms with Crippen LogP contribution in [-0.2, 0) is 33.1 Å². The Balaban J connectivity index is 0.000000411. The second-order valence-electron chi connectivity index (χ2n) is 10.6. The summed E-state index contributed by atoms with van der Waals surface area (Å²) in [6.07, 6.45) is 3.64. The topological polar surface area (TPSA) is 188 Å². The lowest BCUT2D eigenvalue weighted by atomic mass is 10.1. The van der Waals surface area contributed by atoms with Gasteiger partial charge >= 0.3 is 11.9 Å². The molecular weight excluding hydrogens is 592 g/mol. The molecule has 15 heteroatoms. The van der Waals surface area contributed by atoms with Gasteiger partial charge in [-0.1, -0.05) is 19.8 Å². The van der Waals surface area contributed by atoms with Gasteiger partial charge in [0, 0.05) is 46.1 Å². The van der Waals surface area contributed by atoms with Gasteiger partial charge in [-0.25, -0.2) is 13.4 Å². The molecular formula is C29H42N6O8S. The number of fused-ring (bicyclic) bond motifs is 1. The summed E-state index contributed by atoms with van der Waals surface area (Å²) in [7, 11) is -0.00831. The lowest BCUT2D eigenvalue weighted by Crippen LogP contribution is -2.47. The summed E-state index contributed by atoms with van der Waals surface area (Å²) in [5, 5.41) is 20.9. The predicted molar refractivity (Wildman–Crippen MR) is 164 cm³/mol. The van der Waals surface area contributed by atoms with Crippen molar-refractivity contribution in [1.29, 1.82) is 0 Å². The van der Waals surface area contributed by atoms with Gasteiger partial charge in [-0.05, 0) is 51.4 Å². The van der Waals surface area contributed by atoms with Gasteiger partial charge in [0.05, 0.1) is 22.8 Å². The Hall–Kier alpha value is -3.82. The number of hydrogen-bond donors (Lipinski definition) is 3.